The zero-order chi connectivity index (χ0) is 65.6. The third kappa shape index (κ3) is 42.4. The normalized spacial score (nSPS) is 22.5. The summed E-state index contributed by atoms with van der Waals surface area (Å²) in [5.41, 5.74) is 0. The van der Waals surface area contributed by atoms with Gasteiger partial charge in [0.2, 0.25) is 12.3 Å². The topological polar surface area (TPSA) is 256 Å². The van der Waals surface area contributed by atoms with Crippen LogP contribution < -0.4 is 10.6 Å². The van der Waals surface area contributed by atoms with Gasteiger partial charge >= 0.3 is 13.8 Å². The van der Waals surface area contributed by atoms with Gasteiger partial charge in [-0.25, -0.2) is 9.36 Å². The number of hydrogen-bond acceptors (Lipinski definition) is 14. The van der Waals surface area contributed by atoms with Gasteiger partial charge < -0.3 is 68.5 Å². The zero-order valence-electron chi connectivity index (χ0n) is 57.3. The van der Waals surface area contributed by atoms with Gasteiger partial charge in [0.25, 0.3) is 0 Å². The van der Waals surface area contributed by atoms with Crippen molar-refractivity contribution < 1.29 is 81.4 Å². The van der Waals surface area contributed by atoms with Gasteiger partial charge in [-0.3, -0.25) is 14.1 Å². The number of ether oxygens (including phenoxy) is 8. The van der Waals surface area contributed by atoms with Crippen LogP contribution in [-0.2, 0) is 61.4 Å². The first kappa shape index (κ1) is 84.0. The summed E-state index contributed by atoms with van der Waals surface area (Å²) in [7, 11) is -3.81. The number of phosphoric ester groups is 1. The van der Waals surface area contributed by atoms with Crippen LogP contribution in [-0.4, -0.2) is 152 Å². The third-order valence-electron chi connectivity index (χ3n) is 17.5. The summed E-state index contributed by atoms with van der Waals surface area (Å²) in [4.78, 5) is 58.8. The van der Waals surface area contributed by atoms with Crippen molar-refractivity contribution in [1.29, 1.82) is 0 Å². The summed E-state index contributed by atoms with van der Waals surface area (Å²) in [5.74, 6) is -1.58. The van der Waals surface area contributed by atoms with Crippen LogP contribution in [0.3, 0.4) is 0 Å². The molecule has 90 heavy (non-hydrogen) atoms. The minimum atomic E-state index is -5.21. The van der Waals surface area contributed by atoms with Gasteiger partial charge in [-0.2, -0.15) is 0 Å². The second kappa shape index (κ2) is 57.2. The van der Waals surface area contributed by atoms with Crippen LogP contribution in [0.1, 0.15) is 304 Å². The Morgan fingerprint density at radius 2 is 0.967 bits per heavy atom. The maximum absolute atomic E-state index is 13.7. The number of amides is 2. The van der Waals surface area contributed by atoms with E-state index in [1.54, 1.807) is 0 Å². The Balaban J connectivity index is 2.33. The fraction of sp³-hybridized carbons (Fsp3) is 0.929. The van der Waals surface area contributed by atoms with Crippen LogP contribution in [0.5, 0.6) is 0 Å². The molecule has 530 valence electrons. The molecule has 0 unspecified atom stereocenters. The molecule has 0 aromatic carbocycles. The van der Waals surface area contributed by atoms with Crippen molar-refractivity contribution in [3.63, 3.8) is 0 Å². The number of carbonyl (C=O) groups excluding carboxylic acids is 2. The molecule has 0 spiro atoms. The molecule has 2 aliphatic heterocycles. The fourth-order valence-corrected chi connectivity index (χ4v) is 12.8. The Morgan fingerprint density at radius 3 is 1.48 bits per heavy atom. The number of unbranched alkanes of at least 4 members (excludes halogenated alkanes) is 35. The molecule has 2 heterocycles. The van der Waals surface area contributed by atoms with E-state index in [2.05, 4.69) is 50.5 Å². The highest BCUT2D eigenvalue weighted by atomic mass is 31.2. The molecular formula is C70H133N2O17P. The maximum Gasteiger partial charge on any atom is 0.470 e. The number of hydrogen-bond donors (Lipinski definition) is 6. The highest BCUT2D eigenvalue weighted by Gasteiger charge is 2.52. The summed E-state index contributed by atoms with van der Waals surface area (Å²) in [6.07, 6.45) is 41.4. The lowest BCUT2D eigenvalue weighted by Gasteiger charge is -2.47. The van der Waals surface area contributed by atoms with E-state index < -0.39 is 88.3 Å². The van der Waals surface area contributed by atoms with E-state index >= 15 is 0 Å². The first-order valence-electron chi connectivity index (χ1n) is 36.5. The van der Waals surface area contributed by atoms with E-state index in [0.717, 1.165) is 109 Å². The Hall–Kier alpha value is -2.10. The van der Waals surface area contributed by atoms with Crippen molar-refractivity contribution in [1.82, 2.24) is 10.6 Å². The largest absolute Gasteiger partial charge is 0.480 e. The Labute approximate surface area is 546 Å². The lowest BCUT2D eigenvalue weighted by molar-refractivity contribution is -0.307. The van der Waals surface area contributed by atoms with Crippen LogP contribution in [0.2, 0.25) is 0 Å². The lowest BCUT2D eigenvalue weighted by atomic mass is 9.95. The van der Waals surface area contributed by atoms with Crippen molar-refractivity contribution in [2.75, 3.05) is 46.8 Å². The highest BCUT2D eigenvalue weighted by Crippen LogP contribution is 2.42. The molecule has 0 aromatic heterocycles. The van der Waals surface area contributed by atoms with Gasteiger partial charge in [-0.05, 0) is 57.8 Å². The van der Waals surface area contributed by atoms with Crippen molar-refractivity contribution in [3.8, 4) is 0 Å². The molecule has 6 N–H and O–H groups in total. The number of carboxylic acids is 1. The zero-order valence-corrected chi connectivity index (χ0v) is 58.2. The second-order valence-electron chi connectivity index (χ2n) is 25.6. The molecular weight excluding hydrogens is 1170 g/mol. The molecule has 19 nitrogen and oxygen atoms in total. The van der Waals surface area contributed by atoms with Gasteiger partial charge in [0, 0.05) is 33.4 Å². The predicted molar refractivity (Wildman–Crippen MR) is 356 cm³/mol. The molecule has 2 saturated heterocycles. The van der Waals surface area contributed by atoms with Crippen molar-refractivity contribution in [3.05, 3.63) is 12.2 Å². The number of aliphatic hydroxyl groups is 1. The molecule has 0 saturated carbocycles. The average Bonchev–Trinajstić information content (AvgIpc) is 0.889. The summed E-state index contributed by atoms with van der Waals surface area (Å²) in [6, 6.07) is -2.33. The van der Waals surface area contributed by atoms with E-state index in [4.69, 9.17) is 42.4 Å². The number of allylic oxidation sites excluding steroid dienone is 2. The van der Waals surface area contributed by atoms with Crippen LogP contribution in [0.25, 0.3) is 0 Å². The SMILES string of the molecule is CCCCCC/C=C\CCCCCCO[C@H](CCCCCCCCCCC)CCO[C@@H]1[C@@H](NC=O)[C@H](OC[C@H]2O[C@H](OCC(=O)O)[C@H](NC(=O)CCCCCCCCCCCCC)[C@@H](OCCCCCCCCCCCC)[C@@H]2O)O[C@H](COC)[C@H]1OP(=O)(O)O. The van der Waals surface area contributed by atoms with Crippen molar-refractivity contribution >= 4 is 26.1 Å². The molecule has 0 aliphatic carbocycles. The number of phosphoric acid groups is 1. The van der Waals surface area contributed by atoms with E-state index in [1.807, 2.05) is 0 Å². The monoisotopic (exact) mass is 1300 g/mol. The van der Waals surface area contributed by atoms with Crippen LogP contribution in [0.4, 0.5) is 0 Å². The van der Waals surface area contributed by atoms with Crippen LogP contribution >= 0.6 is 7.82 Å². The van der Waals surface area contributed by atoms with Crippen LogP contribution in [0.15, 0.2) is 12.2 Å². The van der Waals surface area contributed by atoms with Crippen molar-refractivity contribution in [2.45, 2.75) is 371 Å². The number of carboxylic acid groups (broad SMARTS) is 1. The van der Waals surface area contributed by atoms with Gasteiger partial charge in [-0.15, -0.1) is 0 Å². The molecule has 0 radical (unpaired) electrons. The Kier molecular flexibility index (Phi) is 53.4. The van der Waals surface area contributed by atoms with E-state index in [0.29, 0.717) is 32.3 Å². The van der Waals surface area contributed by atoms with Gasteiger partial charge in [0.1, 0.15) is 55.3 Å². The average molecular weight is 1310 g/mol. The second-order valence-corrected chi connectivity index (χ2v) is 26.8. The molecule has 2 fully saturated rings. The number of nitrogens with one attached hydrogen (secondary N) is 2. The first-order valence-corrected chi connectivity index (χ1v) is 38.0. The summed E-state index contributed by atoms with van der Waals surface area (Å²) < 4.78 is 68.1. The Bertz CT molecular complexity index is 1770. The molecule has 2 aliphatic rings. The summed E-state index contributed by atoms with van der Waals surface area (Å²) in [6.45, 7) is 8.36. The van der Waals surface area contributed by atoms with E-state index in [1.165, 1.54) is 148 Å². The standard InChI is InChI=1S/C70H133N2O17P/c1-6-10-14-18-22-26-29-31-35-38-42-46-51-82-58(48-44-40-36-32-25-21-17-13-9-4)50-53-84-68-63(71-57-73)69(88-60(54-81-5)66(68)89-90(78,79)80)85-55-59-65(77)67(83-52-47-43-39-34-28-24-20-16-12-8-3)64(70(87-59)86-56-62(75)76)72-61(74)49-45-41-37-33-30-27-23-19-15-11-7-2/h26,29,57-60,63-70,77H,6-25,27-28,30-56H2,1-5H3,(H,71,73)(H,72,74)(H,75,76)(H2,78,79,80)/b29-26-/t58-,59-,60-,63-,64-,65-,66-,67-,68-,69-,70+/m1/s1. The smallest absolute Gasteiger partial charge is 0.470 e. The summed E-state index contributed by atoms with van der Waals surface area (Å²) in [5, 5.41) is 27.7. The Morgan fingerprint density at radius 1 is 0.511 bits per heavy atom. The highest BCUT2D eigenvalue weighted by molar-refractivity contribution is 7.46. The first-order chi connectivity index (χ1) is 43.8. The number of aliphatic hydroxyl groups excluding tert-OH is 1. The van der Waals surface area contributed by atoms with Crippen molar-refractivity contribution in [2.24, 2.45) is 0 Å². The van der Waals surface area contributed by atoms with Gasteiger partial charge in [0.15, 0.2) is 12.6 Å². The quantitative estimate of drug-likeness (QED) is 0.0143. The molecule has 2 rings (SSSR count). The fourth-order valence-electron chi connectivity index (χ4n) is 12.2. The van der Waals surface area contributed by atoms with Gasteiger partial charge in [0.05, 0.1) is 19.3 Å². The predicted octanol–water partition coefficient (Wildman–Crippen LogP) is 15.2. The molecule has 2 amide bonds. The number of carbonyl (C=O) groups is 3. The lowest BCUT2D eigenvalue weighted by Crippen LogP contribution is -2.67. The molecule has 20 heteroatoms. The number of methoxy groups -OCH3 is 1. The molecule has 0 aromatic rings. The third-order valence-corrected chi connectivity index (χ3v) is 18.0. The van der Waals surface area contributed by atoms with E-state index in [9.17, 15) is 38.9 Å². The van der Waals surface area contributed by atoms with E-state index in [-0.39, 0.29) is 38.3 Å². The minimum Gasteiger partial charge on any atom is -0.480 e. The summed E-state index contributed by atoms with van der Waals surface area (Å²) >= 11 is 0. The van der Waals surface area contributed by atoms with Crippen LogP contribution in [0, 0.1) is 0 Å². The molecule has 0 bridgehead atoms. The van der Waals surface area contributed by atoms with Gasteiger partial charge in [-0.1, -0.05) is 252 Å². The minimum absolute atomic E-state index is 0.0689. The molecule has 11 atom stereocenters. The number of rotatable bonds is 64. The number of aliphatic carboxylic acids is 1. The maximum atomic E-state index is 13.7.